The standard InChI is InChI=1S/C66H49N5/c1-42-25-30-53(44(3)35-42)50-27-32-55-56-33-28-51(54-31-26-43(2)36-45(54)4)39-64(56)71(63(55)38-50)62-34-29-52(66-68-58(46-17-9-5-10-18-46)40-59(69-66)47-19-11-6-12-20-47)37-57(62)61-41-60(48-21-13-7-14-22-48)67-65(70-61)49-23-15-8-16-24-49/h5-41H,1-4H3. The Morgan fingerprint density at radius 3 is 1.13 bits per heavy atom. The molecule has 0 spiro atoms. The Morgan fingerprint density at radius 2 is 0.676 bits per heavy atom. The van der Waals surface area contributed by atoms with Gasteiger partial charge in [0.05, 0.1) is 39.5 Å². The molecule has 0 fully saturated rings. The van der Waals surface area contributed by atoms with E-state index in [9.17, 15) is 0 Å². The van der Waals surface area contributed by atoms with Crippen molar-refractivity contribution in [3.05, 3.63) is 247 Å². The van der Waals surface area contributed by atoms with Crippen molar-refractivity contribution in [2.75, 3.05) is 0 Å². The smallest absolute Gasteiger partial charge is 0.160 e. The van der Waals surface area contributed by atoms with E-state index in [0.717, 1.165) is 84.0 Å². The monoisotopic (exact) mass is 911 g/mol. The molecule has 0 bridgehead atoms. The van der Waals surface area contributed by atoms with E-state index in [4.69, 9.17) is 19.9 Å². The van der Waals surface area contributed by atoms with Gasteiger partial charge < -0.3 is 4.57 Å². The van der Waals surface area contributed by atoms with Crippen LogP contribution in [0.15, 0.2) is 224 Å². The third kappa shape index (κ3) is 8.28. The Hall–Kier alpha value is -9.06. The molecule has 0 aliphatic carbocycles. The molecule has 0 aliphatic heterocycles. The number of aromatic nitrogens is 5. The van der Waals surface area contributed by atoms with Crippen LogP contribution >= 0.6 is 0 Å². The zero-order chi connectivity index (χ0) is 48.0. The Labute approximate surface area is 414 Å². The van der Waals surface area contributed by atoms with Gasteiger partial charge in [0.1, 0.15) is 0 Å². The summed E-state index contributed by atoms with van der Waals surface area (Å²) in [5.41, 5.74) is 21.9. The highest BCUT2D eigenvalue weighted by Crippen LogP contribution is 2.42. The normalized spacial score (nSPS) is 11.4. The molecule has 0 amide bonds. The first-order valence-electron chi connectivity index (χ1n) is 24.2. The van der Waals surface area contributed by atoms with Crippen molar-refractivity contribution in [3.63, 3.8) is 0 Å². The lowest BCUT2D eigenvalue weighted by Crippen LogP contribution is -2.02. The van der Waals surface area contributed by atoms with Gasteiger partial charge in [0, 0.05) is 44.2 Å². The maximum Gasteiger partial charge on any atom is 0.160 e. The van der Waals surface area contributed by atoms with Crippen LogP contribution in [0.2, 0.25) is 0 Å². The van der Waals surface area contributed by atoms with Gasteiger partial charge in [-0.15, -0.1) is 0 Å². The topological polar surface area (TPSA) is 56.5 Å². The Kier molecular flexibility index (Phi) is 11.0. The van der Waals surface area contributed by atoms with E-state index in [1.54, 1.807) is 0 Å². The summed E-state index contributed by atoms with van der Waals surface area (Å²) < 4.78 is 2.45. The van der Waals surface area contributed by atoms with Crippen LogP contribution in [-0.2, 0) is 0 Å². The van der Waals surface area contributed by atoms with Crippen molar-refractivity contribution < 1.29 is 0 Å². The number of hydrogen-bond acceptors (Lipinski definition) is 4. The van der Waals surface area contributed by atoms with Gasteiger partial charge >= 0.3 is 0 Å². The SMILES string of the molecule is Cc1ccc(-c2ccc3c4ccc(-c5ccc(C)cc5C)cc4n(-c4ccc(-c5nc(-c6ccccc6)cc(-c6ccccc6)n5)cc4-c4cc(-c5ccccc5)nc(-c5ccccc5)n4)c3c2)c(C)c1. The first-order chi connectivity index (χ1) is 34.8. The molecule has 5 nitrogen and oxygen atoms in total. The third-order valence-electron chi connectivity index (χ3n) is 13.6. The fourth-order valence-electron chi connectivity index (χ4n) is 10.1. The van der Waals surface area contributed by atoms with Crippen LogP contribution in [0.4, 0.5) is 0 Å². The number of nitrogens with zero attached hydrogens (tertiary/aromatic N) is 5. The quantitative estimate of drug-likeness (QED) is 0.145. The van der Waals surface area contributed by atoms with E-state index in [-0.39, 0.29) is 0 Å². The Morgan fingerprint density at radius 1 is 0.282 bits per heavy atom. The highest BCUT2D eigenvalue weighted by atomic mass is 15.0. The van der Waals surface area contributed by atoms with Gasteiger partial charge in [-0.1, -0.05) is 193 Å². The van der Waals surface area contributed by atoms with E-state index in [2.05, 4.69) is 220 Å². The molecule has 3 aromatic heterocycles. The van der Waals surface area contributed by atoms with Crippen molar-refractivity contribution >= 4 is 21.8 Å². The number of rotatable bonds is 9. The summed E-state index contributed by atoms with van der Waals surface area (Å²) in [6.07, 6.45) is 0. The van der Waals surface area contributed by atoms with Crippen molar-refractivity contribution in [1.82, 2.24) is 24.5 Å². The molecule has 338 valence electrons. The van der Waals surface area contributed by atoms with Crippen LogP contribution in [0, 0.1) is 27.7 Å². The van der Waals surface area contributed by atoms with Crippen LogP contribution in [-0.4, -0.2) is 24.5 Å². The molecule has 0 unspecified atom stereocenters. The van der Waals surface area contributed by atoms with E-state index >= 15 is 0 Å². The van der Waals surface area contributed by atoms with Gasteiger partial charge in [0.15, 0.2) is 11.6 Å². The van der Waals surface area contributed by atoms with Gasteiger partial charge in [-0.3, -0.25) is 0 Å². The molecule has 0 N–H and O–H groups in total. The van der Waals surface area contributed by atoms with Crippen molar-refractivity contribution in [2.45, 2.75) is 27.7 Å². The molecule has 12 aromatic rings. The first-order valence-corrected chi connectivity index (χ1v) is 24.2. The average Bonchev–Trinajstić information content (AvgIpc) is 3.74. The van der Waals surface area contributed by atoms with Gasteiger partial charge in [0.2, 0.25) is 0 Å². The molecule has 0 atom stereocenters. The Bertz CT molecular complexity index is 3730. The molecule has 71 heavy (non-hydrogen) atoms. The van der Waals surface area contributed by atoms with Crippen LogP contribution < -0.4 is 0 Å². The molecule has 5 heteroatoms. The van der Waals surface area contributed by atoms with Gasteiger partial charge in [-0.25, -0.2) is 19.9 Å². The summed E-state index contributed by atoms with van der Waals surface area (Å²) in [6.45, 7) is 8.72. The summed E-state index contributed by atoms with van der Waals surface area (Å²) in [5.74, 6) is 1.26. The van der Waals surface area contributed by atoms with Gasteiger partial charge in [-0.2, -0.15) is 0 Å². The second-order valence-corrected chi connectivity index (χ2v) is 18.6. The van der Waals surface area contributed by atoms with Crippen LogP contribution in [0.25, 0.3) is 118 Å². The lowest BCUT2D eigenvalue weighted by atomic mass is 9.96. The summed E-state index contributed by atoms with van der Waals surface area (Å²) >= 11 is 0. The number of fused-ring (bicyclic) bond motifs is 3. The molecular formula is C66H49N5. The third-order valence-corrected chi connectivity index (χ3v) is 13.6. The summed E-state index contributed by atoms with van der Waals surface area (Å²) in [7, 11) is 0. The lowest BCUT2D eigenvalue weighted by Gasteiger charge is -2.18. The van der Waals surface area contributed by atoms with Crippen molar-refractivity contribution in [1.29, 1.82) is 0 Å². The predicted octanol–water partition coefficient (Wildman–Crippen LogP) is 16.9. The number of aryl methyl sites for hydroxylation is 4. The molecule has 12 rings (SSSR count). The molecular weight excluding hydrogens is 863 g/mol. The predicted molar refractivity (Wildman–Crippen MR) is 294 cm³/mol. The fourth-order valence-corrected chi connectivity index (χ4v) is 10.1. The van der Waals surface area contributed by atoms with E-state index in [1.165, 1.54) is 44.2 Å². The second kappa shape index (κ2) is 18.1. The molecule has 0 saturated carbocycles. The second-order valence-electron chi connectivity index (χ2n) is 18.6. The Balaban J connectivity index is 1.18. The maximum absolute atomic E-state index is 5.50. The first kappa shape index (κ1) is 43.2. The van der Waals surface area contributed by atoms with Crippen molar-refractivity contribution in [3.8, 4) is 95.7 Å². The molecule has 0 radical (unpaired) electrons. The summed E-state index contributed by atoms with van der Waals surface area (Å²) in [6, 6.07) is 79.6. The van der Waals surface area contributed by atoms with E-state index in [0.29, 0.717) is 11.6 Å². The maximum atomic E-state index is 5.50. The molecule has 3 heterocycles. The van der Waals surface area contributed by atoms with Crippen LogP contribution in [0.3, 0.4) is 0 Å². The van der Waals surface area contributed by atoms with E-state index in [1.807, 2.05) is 36.4 Å². The number of benzene rings is 9. The summed E-state index contributed by atoms with van der Waals surface area (Å²) in [4.78, 5) is 21.4. The van der Waals surface area contributed by atoms with Gasteiger partial charge in [-0.05, 0) is 104 Å². The summed E-state index contributed by atoms with van der Waals surface area (Å²) in [5, 5.41) is 2.33. The molecule has 0 saturated heterocycles. The van der Waals surface area contributed by atoms with Crippen LogP contribution in [0.5, 0.6) is 0 Å². The minimum atomic E-state index is 0.620. The lowest BCUT2D eigenvalue weighted by molar-refractivity contribution is 1.14. The average molecular weight is 912 g/mol. The zero-order valence-corrected chi connectivity index (χ0v) is 40.1. The largest absolute Gasteiger partial charge is 0.309 e. The van der Waals surface area contributed by atoms with Crippen LogP contribution in [0.1, 0.15) is 22.3 Å². The minimum Gasteiger partial charge on any atom is -0.309 e. The highest BCUT2D eigenvalue weighted by Gasteiger charge is 2.22. The molecule has 9 aromatic carbocycles. The highest BCUT2D eigenvalue weighted by molar-refractivity contribution is 6.12. The number of hydrogen-bond donors (Lipinski definition) is 0. The van der Waals surface area contributed by atoms with Crippen molar-refractivity contribution in [2.24, 2.45) is 0 Å². The zero-order valence-electron chi connectivity index (χ0n) is 40.1. The van der Waals surface area contributed by atoms with E-state index < -0.39 is 0 Å². The van der Waals surface area contributed by atoms with Gasteiger partial charge in [0.25, 0.3) is 0 Å². The fraction of sp³-hybridized carbons (Fsp3) is 0.0606. The molecule has 0 aliphatic rings. The minimum absolute atomic E-state index is 0.620.